The van der Waals surface area contributed by atoms with Crippen LogP contribution >= 0.6 is 0 Å². The Labute approximate surface area is 158 Å². The van der Waals surface area contributed by atoms with E-state index < -0.39 is 12.0 Å². The third-order valence-corrected chi connectivity index (χ3v) is 4.94. The molecule has 0 radical (unpaired) electrons. The number of aryl methyl sites for hydroxylation is 1. The van der Waals surface area contributed by atoms with Gasteiger partial charge in [0.15, 0.2) is 5.78 Å². The molecule has 4 rings (SSSR count). The SMILES string of the molecule is COc1ccc(C2C(=O)c3ccc(C)cc3OC2c2ccc(O)cc2)cc1. The zero-order valence-electron chi connectivity index (χ0n) is 15.2. The molecule has 0 amide bonds. The topological polar surface area (TPSA) is 55.8 Å². The molecule has 1 heterocycles. The lowest BCUT2D eigenvalue weighted by atomic mass is 9.81. The Morgan fingerprint density at radius 1 is 0.926 bits per heavy atom. The van der Waals surface area contributed by atoms with Gasteiger partial charge in [0.25, 0.3) is 0 Å². The van der Waals surface area contributed by atoms with Gasteiger partial charge in [0.2, 0.25) is 0 Å². The number of methoxy groups -OCH3 is 1. The van der Waals surface area contributed by atoms with Gasteiger partial charge >= 0.3 is 0 Å². The van der Waals surface area contributed by atoms with E-state index in [2.05, 4.69) is 0 Å². The second kappa shape index (κ2) is 6.80. The lowest BCUT2D eigenvalue weighted by Gasteiger charge is -2.33. The molecule has 4 nitrogen and oxygen atoms in total. The minimum atomic E-state index is -0.476. The highest BCUT2D eigenvalue weighted by Gasteiger charge is 2.39. The molecular weight excluding hydrogens is 340 g/mol. The molecule has 0 saturated carbocycles. The van der Waals surface area contributed by atoms with Crippen LogP contribution < -0.4 is 9.47 Å². The van der Waals surface area contributed by atoms with Crippen LogP contribution in [0.1, 0.15) is 39.1 Å². The van der Waals surface area contributed by atoms with Crippen molar-refractivity contribution in [2.75, 3.05) is 7.11 Å². The molecule has 0 aliphatic carbocycles. The number of ketones is 1. The molecule has 1 N–H and O–H groups in total. The smallest absolute Gasteiger partial charge is 0.178 e. The molecule has 0 saturated heterocycles. The molecule has 4 heteroatoms. The monoisotopic (exact) mass is 360 g/mol. The van der Waals surface area contributed by atoms with E-state index >= 15 is 0 Å². The number of hydrogen-bond donors (Lipinski definition) is 1. The molecule has 0 fully saturated rings. The molecule has 2 unspecified atom stereocenters. The number of phenols is 1. The van der Waals surface area contributed by atoms with E-state index in [0.29, 0.717) is 11.3 Å². The lowest BCUT2D eigenvalue weighted by Crippen LogP contribution is -2.30. The van der Waals surface area contributed by atoms with Gasteiger partial charge in [-0.15, -0.1) is 0 Å². The summed E-state index contributed by atoms with van der Waals surface area (Å²) in [5.74, 6) is 1.07. The van der Waals surface area contributed by atoms with E-state index in [1.165, 1.54) is 0 Å². The Morgan fingerprint density at radius 3 is 2.26 bits per heavy atom. The number of Topliss-reactive ketones (excluding diaryl/α,β-unsaturated/α-hetero) is 1. The first-order valence-electron chi connectivity index (χ1n) is 8.81. The summed E-state index contributed by atoms with van der Waals surface area (Å²) in [7, 11) is 1.61. The summed E-state index contributed by atoms with van der Waals surface area (Å²) in [6, 6.07) is 20.0. The van der Waals surface area contributed by atoms with E-state index in [4.69, 9.17) is 9.47 Å². The quantitative estimate of drug-likeness (QED) is 0.728. The van der Waals surface area contributed by atoms with Gasteiger partial charge in [-0.25, -0.2) is 0 Å². The number of benzene rings is 3. The van der Waals surface area contributed by atoms with Crippen molar-refractivity contribution in [1.29, 1.82) is 0 Å². The van der Waals surface area contributed by atoms with Crippen LogP contribution in [-0.4, -0.2) is 18.0 Å². The normalized spacial score (nSPS) is 18.5. The van der Waals surface area contributed by atoms with E-state index in [1.54, 1.807) is 31.4 Å². The van der Waals surface area contributed by atoms with Crippen LogP contribution in [0.25, 0.3) is 0 Å². The van der Waals surface area contributed by atoms with Gasteiger partial charge in [0, 0.05) is 0 Å². The van der Waals surface area contributed by atoms with Gasteiger partial charge in [-0.3, -0.25) is 4.79 Å². The van der Waals surface area contributed by atoms with Crippen molar-refractivity contribution in [3.63, 3.8) is 0 Å². The molecule has 3 aromatic carbocycles. The first-order valence-corrected chi connectivity index (χ1v) is 8.81. The second-order valence-electron chi connectivity index (χ2n) is 6.74. The highest BCUT2D eigenvalue weighted by molar-refractivity contribution is 6.04. The third-order valence-electron chi connectivity index (χ3n) is 4.94. The number of phenolic OH excluding ortho intramolecular Hbond substituents is 1. The fourth-order valence-corrected chi connectivity index (χ4v) is 3.50. The summed E-state index contributed by atoms with van der Waals surface area (Å²) >= 11 is 0. The number of ether oxygens (including phenoxy) is 2. The number of fused-ring (bicyclic) bond motifs is 1. The molecule has 2 atom stereocenters. The zero-order chi connectivity index (χ0) is 19.0. The molecule has 1 aliphatic rings. The van der Waals surface area contributed by atoms with Crippen molar-refractivity contribution in [3.8, 4) is 17.2 Å². The van der Waals surface area contributed by atoms with Crippen LogP contribution in [0, 0.1) is 6.92 Å². The lowest BCUT2D eigenvalue weighted by molar-refractivity contribution is 0.0781. The number of rotatable bonds is 3. The van der Waals surface area contributed by atoms with Gasteiger partial charge in [0.05, 0.1) is 18.6 Å². The first-order chi connectivity index (χ1) is 13.1. The van der Waals surface area contributed by atoms with Gasteiger partial charge in [0.1, 0.15) is 23.4 Å². The first kappa shape index (κ1) is 17.2. The zero-order valence-corrected chi connectivity index (χ0v) is 15.2. The summed E-state index contributed by atoms with van der Waals surface area (Å²) in [6.45, 7) is 1.97. The molecule has 27 heavy (non-hydrogen) atoms. The minimum Gasteiger partial charge on any atom is -0.508 e. The Bertz CT molecular complexity index is 974. The Hall–Kier alpha value is -3.27. The Kier molecular flexibility index (Phi) is 4.32. The highest BCUT2D eigenvalue weighted by atomic mass is 16.5. The molecule has 136 valence electrons. The average molecular weight is 360 g/mol. The summed E-state index contributed by atoms with van der Waals surface area (Å²) in [4.78, 5) is 13.4. The van der Waals surface area contributed by atoms with Gasteiger partial charge in [-0.1, -0.05) is 30.3 Å². The number of carbonyl (C=O) groups excluding carboxylic acids is 1. The fraction of sp³-hybridized carbons (Fsp3) is 0.174. The van der Waals surface area contributed by atoms with Crippen LogP contribution in [-0.2, 0) is 0 Å². The van der Waals surface area contributed by atoms with E-state index in [0.717, 1.165) is 22.4 Å². The molecule has 0 aromatic heterocycles. The minimum absolute atomic E-state index is 0.0273. The van der Waals surface area contributed by atoms with Crippen molar-refractivity contribution in [3.05, 3.63) is 89.0 Å². The van der Waals surface area contributed by atoms with E-state index in [-0.39, 0.29) is 11.5 Å². The Balaban J connectivity index is 1.83. The summed E-state index contributed by atoms with van der Waals surface area (Å²) in [6.07, 6.45) is -0.471. The Morgan fingerprint density at radius 2 is 1.59 bits per heavy atom. The van der Waals surface area contributed by atoms with Crippen molar-refractivity contribution in [2.24, 2.45) is 0 Å². The van der Waals surface area contributed by atoms with Crippen LogP contribution in [0.3, 0.4) is 0 Å². The molecule has 0 bridgehead atoms. The van der Waals surface area contributed by atoms with Crippen molar-refractivity contribution < 1.29 is 19.4 Å². The van der Waals surface area contributed by atoms with Crippen molar-refractivity contribution in [2.45, 2.75) is 18.9 Å². The van der Waals surface area contributed by atoms with Crippen LogP contribution in [0.5, 0.6) is 17.2 Å². The van der Waals surface area contributed by atoms with Gasteiger partial charge < -0.3 is 14.6 Å². The van der Waals surface area contributed by atoms with Crippen molar-refractivity contribution >= 4 is 5.78 Å². The summed E-state index contributed by atoms with van der Waals surface area (Å²) in [5.41, 5.74) is 3.34. The van der Waals surface area contributed by atoms with Crippen molar-refractivity contribution in [1.82, 2.24) is 0 Å². The highest BCUT2D eigenvalue weighted by Crippen LogP contribution is 2.44. The third kappa shape index (κ3) is 3.14. The van der Waals surface area contributed by atoms with Gasteiger partial charge in [-0.05, 0) is 60.0 Å². The number of carbonyl (C=O) groups is 1. The predicted molar refractivity (Wildman–Crippen MR) is 103 cm³/mol. The van der Waals surface area contributed by atoms with Gasteiger partial charge in [-0.2, -0.15) is 0 Å². The largest absolute Gasteiger partial charge is 0.508 e. The molecule has 1 aliphatic heterocycles. The fourth-order valence-electron chi connectivity index (χ4n) is 3.50. The van der Waals surface area contributed by atoms with Crippen LogP contribution in [0.15, 0.2) is 66.7 Å². The van der Waals surface area contributed by atoms with E-state index in [9.17, 15) is 9.90 Å². The average Bonchev–Trinajstić information content (AvgIpc) is 2.68. The molecule has 3 aromatic rings. The number of aromatic hydroxyl groups is 1. The summed E-state index contributed by atoms with van der Waals surface area (Å²) < 4.78 is 11.5. The predicted octanol–water partition coefficient (Wildman–Crippen LogP) is 4.81. The summed E-state index contributed by atoms with van der Waals surface area (Å²) in [5, 5.41) is 9.62. The maximum atomic E-state index is 13.4. The maximum absolute atomic E-state index is 13.4. The van der Waals surface area contributed by atoms with Crippen LogP contribution in [0.4, 0.5) is 0 Å². The standard InChI is InChI=1S/C23H20O4/c1-14-3-12-19-20(13-14)27-23(16-4-8-17(24)9-5-16)21(22(19)25)15-6-10-18(26-2)11-7-15/h3-13,21,23-24H,1-2H3. The molecule has 0 spiro atoms. The second-order valence-corrected chi connectivity index (χ2v) is 6.74. The number of hydrogen-bond acceptors (Lipinski definition) is 4. The van der Waals surface area contributed by atoms with E-state index in [1.807, 2.05) is 49.4 Å². The van der Waals surface area contributed by atoms with Crippen LogP contribution in [0.2, 0.25) is 0 Å². The molecular formula is C23H20O4. The maximum Gasteiger partial charge on any atom is 0.178 e.